The second-order valence-corrected chi connectivity index (χ2v) is 9.63. The second-order valence-electron chi connectivity index (χ2n) is 9.63. The van der Waals surface area contributed by atoms with Gasteiger partial charge in [-0.05, 0) is 72.9 Å². The average molecular weight is 527 g/mol. The molecule has 0 N–H and O–H groups in total. The van der Waals surface area contributed by atoms with Crippen molar-refractivity contribution in [3.63, 3.8) is 0 Å². The van der Waals surface area contributed by atoms with Crippen LogP contribution in [0.3, 0.4) is 0 Å². The van der Waals surface area contributed by atoms with Crippen LogP contribution in [0.25, 0.3) is 0 Å². The van der Waals surface area contributed by atoms with Crippen molar-refractivity contribution in [2.75, 3.05) is 13.2 Å². The minimum atomic E-state index is -4.68. The number of hydrogen-bond acceptors (Lipinski definition) is 4. The number of benzene rings is 3. The molecular weight excluding hydrogens is 493 g/mol. The topological polar surface area (TPSA) is 44.8 Å². The van der Waals surface area contributed by atoms with Crippen molar-refractivity contribution in [3.05, 3.63) is 101 Å². The Morgan fingerprint density at radius 2 is 1.61 bits per heavy atom. The molecule has 202 valence electrons. The fraction of sp³-hybridized carbons (Fsp3) is 0.387. The monoisotopic (exact) mass is 526 g/mol. The SMILES string of the molecule is O=C(OC(COCCCCc1ccccc1)C(F)(F)F)C1CCc2cc(OCc3ccccc3)ccc2C1. The van der Waals surface area contributed by atoms with Crippen LogP contribution in [-0.2, 0) is 40.1 Å². The molecule has 7 heteroatoms. The number of halogens is 3. The van der Waals surface area contributed by atoms with Gasteiger partial charge in [0.1, 0.15) is 12.4 Å². The van der Waals surface area contributed by atoms with Crippen molar-refractivity contribution >= 4 is 5.97 Å². The number of carbonyl (C=O) groups excluding carboxylic acids is 1. The number of esters is 1. The lowest BCUT2D eigenvalue weighted by Gasteiger charge is -2.27. The van der Waals surface area contributed by atoms with Crippen LogP contribution in [0.2, 0.25) is 0 Å². The van der Waals surface area contributed by atoms with Crippen LogP contribution < -0.4 is 4.74 Å². The van der Waals surface area contributed by atoms with Gasteiger partial charge in [-0.1, -0.05) is 66.7 Å². The molecule has 38 heavy (non-hydrogen) atoms. The molecule has 0 saturated heterocycles. The van der Waals surface area contributed by atoms with Crippen molar-refractivity contribution in [1.29, 1.82) is 0 Å². The zero-order chi connectivity index (χ0) is 26.8. The zero-order valence-electron chi connectivity index (χ0n) is 21.3. The normalized spacial score (nSPS) is 15.9. The van der Waals surface area contributed by atoms with Crippen LogP contribution in [0.15, 0.2) is 78.9 Å². The minimum absolute atomic E-state index is 0.183. The molecule has 3 aromatic carbocycles. The standard InChI is InChI=1S/C31H33F3O4/c32-31(33,34)29(22-36-18-8-7-11-23-9-3-1-4-10-23)38-30(35)27-15-14-26-20-28(17-16-25(26)19-27)37-21-24-12-5-2-6-13-24/h1-6,9-10,12-13,16-17,20,27,29H,7-8,11,14-15,18-19,21-22H2. The largest absolute Gasteiger partial charge is 0.489 e. The highest BCUT2D eigenvalue weighted by molar-refractivity contribution is 5.73. The molecular formula is C31H33F3O4. The molecule has 0 radical (unpaired) electrons. The third-order valence-electron chi connectivity index (χ3n) is 6.73. The number of carbonyl (C=O) groups is 1. The van der Waals surface area contributed by atoms with E-state index < -0.39 is 30.8 Å². The van der Waals surface area contributed by atoms with E-state index in [0.717, 1.165) is 35.3 Å². The lowest BCUT2D eigenvalue weighted by molar-refractivity contribution is -0.234. The van der Waals surface area contributed by atoms with Gasteiger partial charge in [-0.25, -0.2) is 0 Å². The first-order valence-corrected chi connectivity index (χ1v) is 13.1. The Labute approximate surface area is 221 Å². The fourth-order valence-corrected chi connectivity index (χ4v) is 4.56. The van der Waals surface area contributed by atoms with E-state index in [1.54, 1.807) is 0 Å². The molecule has 3 aromatic rings. The van der Waals surface area contributed by atoms with Gasteiger partial charge in [0.15, 0.2) is 0 Å². The van der Waals surface area contributed by atoms with E-state index in [1.165, 1.54) is 5.56 Å². The van der Waals surface area contributed by atoms with Crippen molar-refractivity contribution in [2.24, 2.45) is 5.92 Å². The molecule has 0 heterocycles. The highest BCUT2D eigenvalue weighted by atomic mass is 19.4. The molecule has 0 saturated carbocycles. The van der Waals surface area contributed by atoms with E-state index >= 15 is 0 Å². The summed E-state index contributed by atoms with van der Waals surface area (Å²) < 4.78 is 56.7. The molecule has 0 bridgehead atoms. The Morgan fingerprint density at radius 3 is 2.32 bits per heavy atom. The van der Waals surface area contributed by atoms with E-state index in [0.29, 0.717) is 32.3 Å². The molecule has 0 aliphatic heterocycles. The van der Waals surface area contributed by atoms with Crippen LogP contribution in [0, 0.1) is 5.92 Å². The van der Waals surface area contributed by atoms with Crippen LogP contribution >= 0.6 is 0 Å². The zero-order valence-corrected chi connectivity index (χ0v) is 21.3. The van der Waals surface area contributed by atoms with E-state index in [1.807, 2.05) is 78.9 Å². The van der Waals surface area contributed by atoms with E-state index in [2.05, 4.69) is 0 Å². The van der Waals surface area contributed by atoms with Gasteiger partial charge in [0.25, 0.3) is 0 Å². The molecule has 0 amide bonds. The first-order chi connectivity index (χ1) is 18.4. The number of ether oxygens (including phenoxy) is 3. The Morgan fingerprint density at radius 1 is 0.895 bits per heavy atom. The maximum absolute atomic E-state index is 13.6. The average Bonchev–Trinajstić information content (AvgIpc) is 2.93. The van der Waals surface area contributed by atoms with Crippen LogP contribution in [-0.4, -0.2) is 31.5 Å². The second kappa shape index (κ2) is 13.5. The Bertz CT molecular complexity index is 1150. The van der Waals surface area contributed by atoms with Gasteiger partial charge in [-0.15, -0.1) is 0 Å². The number of fused-ring (bicyclic) bond motifs is 1. The van der Waals surface area contributed by atoms with Crippen molar-refractivity contribution in [3.8, 4) is 5.75 Å². The Kier molecular flexibility index (Phi) is 9.82. The summed E-state index contributed by atoms with van der Waals surface area (Å²) in [6.07, 6.45) is -3.32. The highest BCUT2D eigenvalue weighted by Gasteiger charge is 2.44. The Balaban J connectivity index is 1.23. The predicted octanol–water partition coefficient (Wildman–Crippen LogP) is 6.88. The first-order valence-electron chi connectivity index (χ1n) is 13.1. The van der Waals surface area contributed by atoms with Crippen molar-refractivity contribution < 1.29 is 32.2 Å². The maximum Gasteiger partial charge on any atom is 0.427 e. The lowest BCUT2D eigenvalue weighted by Crippen LogP contribution is -2.40. The highest BCUT2D eigenvalue weighted by Crippen LogP contribution is 2.31. The summed E-state index contributed by atoms with van der Waals surface area (Å²) in [4.78, 5) is 12.7. The van der Waals surface area contributed by atoms with Gasteiger partial charge in [-0.3, -0.25) is 4.79 Å². The smallest absolute Gasteiger partial charge is 0.427 e. The molecule has 0 spiro atoms. The summed E-state index contributed by atoms with van der Waals surface area (Å²) in [5.41, 5.74) is 4.22. The summed E-state index contributed by atoms with van der Waals surface area (Å²) in [6, 6.07) is 25.4. The quantitative estimate of drug-likeness (QED) is 0.191. The van der Waals surface area contributed by atoms with Gasteiger partial charge in [0, 0.05) is 6.61 Å². The van der Waals surface area contributed by atoms with Gasteiger partial charge < -0.3 is 14.2 Å². The van der Waals surface area contributed by atoms with E-state index in [9.17, 15) is 18.0 Å². The number of hydrogen-bond donors (Lipinski definition) is 0. The van der Waals surface area contributed by atoms with Crippen LogP contribution in [0.5, 0.6) is 5.75 Å². The summed E-state index contributed by atoms with van der Waals surface area (Å²) in [5.74, 6) is -0.712. The van der Waals surface area contributed by atoms with Gasteiger partial charge >= 0.3 is 12.1 Å². The molecule has 1 aliphatic rings. The maximum atomic E-state index is 13.6. The van der Waals surface area contributed by atoms with Gasteiger partial charge in [0.05, 0.1) is 12.5 Å². The summed E-state index contributed by atoms with van der Waals surface area (Å²) in [5, 5.41) is 0. The van der Waals surface area contributed by atoms with Crippen LogP contribution in [0.4, 0.5) is 13.2 Å². The number of aryl methyl sites for hydroxylation is 2. The molecule has 0 fully saturated rings. The predicted molar refractivity (Wildman–Crippen MR) is 139 cm³/mol. The van der Waals surface area contributed by atoms with Crippen LogP contribution in [0.1, 0.15) is 41.5 Å². The number of rotatable bonds is 12. The van der Waals surface area contributed by atoms with Gasteiger partial charge in [0.2, 0.25) is 6.10 Å². The molecule has 2 atom stereocenters. The number of alkyl halides is 3. The van der Waals surface area contributed by atoms with Gasteiger partial charge in [-0.2, -0.15) is 13.2 Å². The number of unbranched alkanes of at least 4 members (excludes halogenated alkanes) is 1. The molecule has 4 nitrogen and oxygen atoms in total. The summed E-state index contributed by atoms with van der Waals surface area (Å²) >= 11 is 0. The summed E-state index contributed by atoms with van der Waals surface area (Å²) in [7, 11) is 0. The van der Waals surface area contributed by atoms with E-state index in [4.69, 9.17) is 14.2 Å². The van der Waals surface area contributed by atoms with E-state index in [-0.39, 0.29) is 6.61 Å². The lowest BCUT2D eigenvalue weighted by atomic mass is 9.84. The third kappa shape index (κ3) is 8.35. The molecule has 0 aromatic heterocycles. The first kappa shape index (κ1) is 27.7. The molecule has 4 rings (SSSR count). The third-order valence-corrected chi connectivity index (χ3v) is 6.73. The molecule has 2 unspecified atom stereocenters. The van der Waals surface area contributed by atoms with Crippen molar-refractivity contribution in [1.82, 2.24) is 0 Å². The molecule has 1 aliphatic carbocycles. The fourth-order valence-electron chi connectivity index (χ4n) is 4.56. The summed E-state index contributed by atoms with van der Waals surface area (Å²) in [6.45, 7) is -0.0586. The van der Waals surface area contributed by atoms with Crippen molar-refractivity contribution in [2.45, 2.75) is 57.4 Å². The Hall–Kier alpha value is -3.32. The minimum Gasteiger partial charge on any atom is -0.489 e.